The number of piperidine rings is 1. The molecule has 3 heterocycles. The van der Waals surface area contributed by atoms with Gasteiger partial charge >= 0.3 is 12.2 Å². The highest BCUT2D eigenvalue weighted by Gasteiger charge is 2.38. The molecule has 9 nitrogen and oxygen atoms in total. The number of para-hydroxylation sites is 1. The van der Waals surface area contributed by atoms with Crippen molar-refractivity contribution in [1.82, 2.24) is 19.9 Å². The number of carbonyl (C=O) groups excluding carboxylic acids is 1. The molecule has 0 bridgehead atoms. The Morgan fingerprint density at radius 3 is 2.38 bits per heavy atom. The highest BCUT2D eigenvalue weighted by molar-refractivity contribution is 5.89. The Morgan fingerprint density at radius 1 is 1.10 bits per heavy atom. The average Bonchev–Trinajstić information content (AvgIpc) is 2.93. The lowest BCUT2D eigenvalue weighted by Crippen LogP contribution is -2.42. The van der Waals surface area contributed by atoms with Gasteiger partial charge in [0.2, 0.25) is 5.88 Å². The second-order valence-electron chi connectivity index (χ2n) is 9.34. The number of anilines is 1. The van der Waals surface area contributed by atoms with E-state index in [0.717, 1.165) is 24.3 Å². The molecule has 1 unspecified atom stereocenters. The van der Waals surface area contributed by atoms with Crippen LogP contribution in [0.4, 0.5) is 32.4 Å². The van der Waals surface area contributed by atoms with Gasteiger partial charge < -0.3 is 25.2 Å². The number of pyridine rings is 1. The molecular formula is C26H26F5N5O4. The van der Waals surface area contributed by atoms with Crippen molar-refractivity contribution in [3.05, 3.63) is 77.0 Å². The minimum atomic E-state index is -4.69. The van der Waals surface area contributed by atoms with Gasteiger partial charge in [0.1, 0.15) is 41.0 Å². The van der Waals surface area contributed by atoms with Crippen LogP contribution in [-0.4, -0.2) is 62.4 Å². The standard InChI is InChI=1S/C26H26F5N5O4/c1-15-32-12-17(25(39,13-37)14-40-21-7-3-6-20(34-21)26(29,30)31)22(33-15)16-8-10-36(11-9-16)24(38)35-23-18(27)4-2-5-19(23)28/h2-7,12,16,37,39H,8-11,13-14H2,1H3,(H,35,38). The van der Waals surface area contributed by atoms with E-state index in [1.165, 1.54) is 23.2 Å². The van der Waals surface area contributed by atoms with Crippen LogP contribution in [0.2, 0.25) is 0 Å². The van der Waals surface area contributed by atoms with Gasteiger partial charge in [-0.2, -0.15) is 13.2 Å². The van der Waals surface area contributed by atoms with Crippen molar-refractivity contribution in [2.24, 2.45) is 0 Å². The fourth-order valence-electron chi connectivity index (χ4n) is 4.37. The summed E-state index contributed by atoms with van der Waals surface area (Å²) in [5, 5.41) is 23.6. The van der Waals surface area contributed by atoms with Crippen molar-refractivity contribution < 1.29 is 41.7 Å². The van der Waals surface area contributed by atoms with Crippen LogP contribution in [-0.2, 0) is 11.8 Å². The Morgan fingerprint density at radius 2 is 1.75 bits per heavy atom. The number of aliphatic hydroxyl groups excluding tert-OH is 1. The third-order valence-electron chi connectivity index (χ3n) is 6.54. The Labute approximate surface area is 225 Å². The van der Waals surface area contributed by atoms with Gasteiger partial charge in [-0.25, -0.2) is 28.5 Å². The molecule has 1 aromatic carbocycles. The number of nitrogens with one attached hydrogen (secondary N) is 1. The van der Waals surface area contributed by atoms with E-state index in [4.69, 9.17) is 4.74 Å². The number of alkyl halides is 3. The van der Waals surface area contributed by atoms with Crippen LogP contribution >= 0.6 is 0 Å². The molecule has 3 aromatic rings. The summed E-state index contributed by atoms with van der Waals surface area (Å²) in [4.78, 5) is 26.0. The van der Waals surface area contributed by atoms with E-state index >= 15 is 0 Å². The molecule has 1 atom stereocenters. The normalized spacial score (nSPS) is 15.9. The molecule has 3 N–H and O–H groups in total. The summed E-state index contributed by atoms with van der Waals surface area (Å²) in [6.45, 7) is 0.502. The van der Waals surface area contributed by atoms with Gasteiger partial charge in [-0.3, -0.25) is 0 Å². The van der Waals surface area contributed by atoms with Gasteiger partial charge in [-0.1, -0.05) is 12.1 Å². The minimum absolute atomic E-state index is 0.115. The number of likely N-dealkylation sites (tertiary alicyclic amines) is 1. The Hall–Kier alpha value is -3.91. The van der Waals surface area contributed by atoms with E-state index < -0.39 is 59.9 Å². The molecule has 40 heavy (non-hydrogen) atoms. The van der Waals surface area contributed by atoms with Crippen molar-refractivity contribution in [2.75, 3.05) is 31.6 Å². The average molecular weight is 568 g/mol. The number of halogens is 5. The summed E-state index contributed by atoms with van der Waals surface area (Å²) >= 11 is 0. The van der Waals surface area contributed by atoms with Crippen molar-refractivity contribution in [3.63, 3.8) is 0 Å². The minimum Gasteiger partial charge on any atom is -0.474 e. The number of ether oxygens (including phenoxy) is 1. The summed E-state index contributed by atoms with van der Waals surface area (Å²) in [7, 11) is 0. The first-order valence-corrected chi connectivity index (χ1v) is 12.3. The molecule has 1 aliphatic heterocycles. The highest BCUT2D eigenvalue weighted by Crippen LogP contribution is 2.35. The number of carbonyl (C=O) groups is 1. The summed E-state index contributed by atoms with van der Waals surface area (Å²) < 4.78 is 72.2. The van der Waals surface area contributed by atoms with E-state index in [1.807, 2.05) is 0 Å². The van der Waals surface area contributed by atoms with Gasteiger partial charge in [-0.05, 0) is 38.0 Å². The van der Waals surface area contributed by atoms with Gasteiger partial charge in [0.05, 0.1) is 12.3 Å². The lowest BCUT2D eigenvalue weighted by Gasteiger charge is -2.34. The first-order valence-electron chi connectivity index (χ1n) is 12.3. The largest absolute Gasteiger partial charge is 0.474 e. The molecule has 0 saturated carbocycles. The third-order valence-corrected chi connectivity index (χ3v) is 6.54. The van der Waals surface area contributed by atoms with E-state index in [-0.39, 0.29) is 24.6 Å². The lowest BCUT2D eigenvalue weighted by atomic mass is 9.85. The number of aliphatic hydroxyl groups is 2. The zero-order valence-corrected chi connectivity index (χ0v) is 21.3. The number of nitrogens with zero attached hydrogens (tertiary/aromatic N) is 4. The zero-order chi connectivity index (χ0) is 29.1. The molecule has 214 valence electrons. The number of hydrogen-bond acceptors (Lipinski definition) is 7. The summed E-state index contributed by atoms with van der Waals surface area (Å²) in [6.07, 6.45) is -2.67. The van der Waals surface area contributed by atoms with Gasteiger partial charge in [0.15, 0.2) is 0 Å². The molecule has 0 radical (unpaired) electrons. The van der Waals surface area contributed by atoms with Gasteiger partial charge in [0, 0.05) is 36.8 Å². The third kappa shape index (κ3) is 6.45. The fourth-order valence-corrected chi connectivity index (χ4v) is 4.37. The van der Waals surface area contributed by atoms with E-state index in [1.54, 1.807) is 6.92 Å². The van der Waals surface area contributed by atoms with E-state index in [9.17, 15) is 37.0 Å². The Kier molecular flexibility index (Phi) is 8.49. The highest BCUT2D eigenvalue weighted by atomic mass is 19.4. The molecule has 1 aliphatic rings. The summed E-state index contributed by atoms with van der Waals surface area (Å²) in [6, 6.07) is 5.62. The number of aromatic nitrogens is 3. The summed E-state index contributed by atoms with van der Waals surface area (Å²) in [5.74, 6) is -2.15. The topological polar surface area (TPSA) is 121 Å². The molecule has 0 aliphatic carbocycles. The summed E-state index contributed by atoms with van der Waals surface area (Å²) in [5.41, 5.74) is -3.32. The molecule has 4 rings (SSSR count). The SMILES string of the molecule is Cc1ncc(C(O)(CO)COc2cccc(C(F)(F)F)n2)c(C2CCN(C(=O)Nc3c(F)cccc3F)CC2)n1. The number of urea groups is 1. The van der Waals surface area contributed by atoms with Crippen molar-refractivity contribution >= 4 is 11.7 Å². The van der Waals surface area contributed by atoms with Gasteiger partial charge in [-0.15, -0.1) is 0 Å². The zero-order valence-electron chi connectivity index (χ0n) is 21.3. The molecule has 0 spiro atoms. The predicted molar refractivity (Wildman–Crippen MR) is 131 cm³/mol. The van der Waals surface area contributed by atoms with Crippen LogP contribution < -0.4 is 10.1 Å². The molecule has 2 amide bonds. The smallest absolute Gasteiger partial charge is 0.433 e. The number of benzene rings is 1. The van der Waals surface area contributed by atoms with E-state index in [0.29, 0.717) is 24.4 Å². The fraction of sp³-hybridized carbons (Fsp3) is 0.385. The van der Waals surface area contributed by atoms with Gasteiger partial charge in [0.25, 0.3) is 0 Å². The Balaban J connectivity index is 1.48. The molecule has 1 saturated heterocycles. The van der Waals surface area contributed by atoms with Crippen LogP contribution in [0.15, 0.2) is 42.6 Å². The van der Waals surface area contributed by atoms with Crippen LogP contribution in [0, 0.1) is 18.6 Å². The number of amides is 2. The van der Waals surface area contributed by atoms with E-state index in [2.05, 4.69) is 20.3 Å². The van der Waals surface area contributed by atoms with Crippen LogP contribution in [0.3, 0.4) is 0 Å². The molecule has 2 aromatic heterocycles. The van der Waals surface area contributed by atoms with Crippen molar-refractivity contribution in [2.45, 2.75) is 37.5 Å². The van der Waals surface area contributed by atoms with Crippen LogP contribution in [0.1, 0.15) is 41.5 Å². The second kappa shape index (κ2) is 11.7. The maximum atomic E-state index is 13.9. The van der Waals surface area contributed by atoms with Crippen molar-refractivity contribution in [1.29, 1.82) is 0 Å². The first kappa shape index (κ1) is 29.1. The van der Waals surface area contributed by atoms with Crippen LogP contribution in [0.25, 0.3) is 0 Å². The quantitative estimate of drug-likeness (QED) is 0.367. The predicted octanol–water partition coefficient (Wildman–Crippen LogP) is 4.15. The molecule has 14 heteroatoms. The monoisotopic (exact) mass is 567 g/mol. The number of aryl methyl sites for hydroxylation is 1. The maximum absolute atomic E-state index is 13.9. The molecule has 1 fully saturated rings. The maximum Gasteiger partial charge on any atom is 0.433 e. The Bertz CT molecular complexity index is 1350. The van der Waals surface area contributed by atoms with Crippen LogP contribution in [0.5, 0.6) is 5.88 Å². The first-order chi connectivity index (χ1) is 18.9. The molecular weight excluding hydrogens is 541 g/mol. The number of hydrogen-bond donors (Lipinski definition) is 3. The van der Waals surface area contributed by atoms with Crippen molar-refractivity contribution in [3.8, 4) is 5.88 Å². The number of rotatable bonds is 7. The lowest BCUT2D eigenvalue weighted by molar-refractivity contribution is -0.141. The second-order valence-corrected chi connectivity index (χ2v) is 9.34.